The highest BCUT2D eigenvalue weighted by Gasteiger charge is 2.26. The van der Waals surface area contributed by atoms with Crippen molar-refractivity contribution in [3.05, 3.63) is 48.5 Å². The molecule has 2 amide bonds. The summed E-state index contributed by atoms with van der Waals surface area (Å²) in [5, 5.41) is 0. The lowest BCUT2D eigenvalue weighted by atomic mass is 10.1. The number of nitrogens with one attached hydrogen (secondary N) is 2. The largest absolute Gasteiger partial charge is 0.486 e. The van der Waals surface area contributed by atoms with E-state index in [0.717, 1.165) is 76.7 Å². The monoisotopic (exact) mass is 740 g/mol. The van der Waals surface area contributed by atoms with Gasteiger partial charge in [-0.05, 0) is 49.9 Å². The molecule has 2 rings (SSSR count). The van der Waals surface area contributed by atoms with Crippen molar-refractivity contribution in [1.29, 1.82) is 0 Å². The van der Waals surface area contributed by atoms with E-state index in [2.05, 4.69) is 13.8 Å². The number of carbonyl (C=O) groups is 2. The number of sulfonamides is 2. The van der Waals surface area contributed by atoms with Crippen molar-refractivity contribution >= 4 is 31.9 Å². The molecule has 0 aliphatic rings. The topological polar surface area (TPSA) is 163 Å². The van der Waals surface area contributed by atoms with E-state index in [9.17, 15) is 26.4 Å². The Labute approximate surface area is 299 Å². The minimum absolute atomic E-state index is 0.0715. The van der Waals surface area contributed by atoms with Crippen LogP contribution < -0.4 is 28.4 Å². The summed E-state index contributed by atoms with van der Waals surface area (Å²) in [4.78, 5) is 25.7. The Hall–Kier alpha value is -3.52. The molecule has 2 atom stereocenters. The van der Waals surface area contributed by atoms with Gasteiger partial charge < -0.3 is 18.9 Å². The first-order chi connectivity index (χ1) is 23.8. The zero-order chi connectivity index (χ0) is 36.8. The minimum Gasteiger partial charge on any atom is -0.486 e. The Bertz CT molecular complexity index is 1400. The summed E-state index contributed by atoms with van der Waals surface area (Å²) >= 11 is 0. The summed E-state index contributed by atoms with van der Waals surface area (Å²) in [7, 11) is -7.56. The van der Waals surface area contributed by atoms with Gasteiger partial charge in [-0.1, -0.05) is 102 Å². The number of carbonyl (C=O) groups excluding carboxylic acids is 2. The number of benzene rings is 2. The van der Waals surface area contributed by atoms with Gasteiger partial charge >= 0.3 is 0 Å². The van der Waals surface area contributed by atoms with E-state index in [1.807, 2.05) is 9.44 Å². The van der Waals surface area contributed by atoms with E-state index in [1.165, 1.54) is 0 Å². The third-order valence-electron chi connectivity index (χ3n) is 7.63. The fourth-order valence-electron chi connectivity index (χ4n) is 5.15. The maximum absolute atomic E-state index is 12.8. The molecule has 2 aromatic carbocycles. The van der Waals surface area contributed by atoms with E-state index in [1.54, 1.807) is 48.5 Å². The Kier molecular flexibility index (Phi) is 19.7. The molecule has 12 nitrogen and oxygen atoms in total. The molecule has 0 bridgehead atoms. The van der Waals surface area contributed by atoms with Gasteiger partial charge in [0.05, 0.1) is 12.5 Å². The number of hydrogen-bond acceptors (Lipinski definition) is 10. The number of unbranched alkanes of at least 4 members (excludes halogenated alkanes) is 10. The molecule has 50 heavy (non-hydrogen) atoms. The third kappa shape index (κ3) is 18.5. The maximum atomic E-state index is 12.8. The third-order valence-corrected chi connectivity index (χ3v) is 8.78. The molecule has 0 saturated carbocycles. The lowest BCUT2D eigenvalue weighted by Crippen LogP contribution is -2.41. The Morgan fingerprint density at radius 3 is 1.20 bits per heavy atom. The number of ether oxygens (including phenoxy) is 4. The maximum Gasteiger partial charge on any atom is 0.274 e. The average Bonchev–Trinajstić information content (AvgIpc) is 3.04. The highest BCUT2D eigenvalue weighted by molar-refractivity contribution is 7.89. The van der Waals surface area contributed by atoms with Gasteiger partial charge in [-0.3, -0.25) is 19.0 Å². The number of hydrogen-bond donors (Lipinski definition) is 2. The van der Waals surface area contributed by atoms with E-state index in [-0.39, 0.29) is 24.7 Å². The van der Waals surface area contributed by atoms with Crippen LogP contribution in [-0.2, 0) is 29.6 Å². The van der Waals surface area contributed by atoms with Crippen molar-refractivity contribution in [3.63, 3.8) is 0 Å². The SMILES string of the molecule is CCCCCCCCC(Oc1ccccc1OCCOc1ccccc1OC(CCCCCCCC)C(=O)NS(C)(=O)=O)C(=O)NS(C)(=O)=O. The van der Waals surface area contributed by atoms with E-state index in [4.69, 9.17) is 18.9 Å². The second kappa shape index (κ2) is 23.0. The second-order valence-corrected chi connectivity index (χ2v) is 15.9. The van der Waals surface area contributed by atoms with Gasteiger partial charge in [0.1, 0.15) is 13.2 Å². The number of rotatable bonds is 27. The van der Waals surface area contributed by atoms with Crippen LogP contribution in [0.4, 0.5) is 0 Å². The first-order valence-corrected chi connectivity index (χ1v) is 21.4. The molecule has 0 aromatic heterocycles. The molecule has 0 spiro atoms. The smallest absolute Gasteiger partial charge is 0.274 e. The van der Waals surface area contributed by atoms with Crippen molar-refractivity contribution in [2.75, 3.05) is 25.7 Å². The van der Waals surface area contributed by atoms with Gasteiger partial charge in [-0.15, -0.1) is 0 Å². The molecule has 0 heterocycles. The zero-order valence-electron chi connectivity index (χ0n) is 30.0. The molecule has 0 aliphatic carbocycles. The molecule has 0 radical (unpaired) electrons. The molecular formula is C36H56N2O10S2. The molecule has 282 valence electrons. The average molecular weight is 741 g/mol. The Morgan fingerprint density at radius 2 is 0.860 bits per heavy atom. The van der Waals surface area contributed by atoms with Crippen LogP contribution in [0.3, 0.4) is 0 Å². The first-order valence-electron chi connectivity index (χ1n) is 17.6. The fraction of sp³-hybridized carbons (Fsp3) is 0.611. The molecule has 0 aliphatic heterocycles. The van der Waals surface area contributed by atoms with Crippen LogP contribution in [0.25, 0.3) is 0 Å². The highest BCUT2D eigenvalue weighted by Crippen LogP contribution is 2.30. The van der Waals surface area contributed by atoms with Gasteiger partial charge in [0, 0.05) is 0 Å². The van der Waals surface area contributed by atoms with Crippen LogP contribution in [-0.4, -0.2) is 66.6 Å². The normalized spacial score (nSPS) is 12.8. The van der Waals surface area contributed by atoms with Crippen molar-refractivity contribution in [2.45, 2.75) is 116 Å². The summed E-state index contributed by atoms with van der Waals surface area (Å²) in [6.45, 7) is 4.42. The fourth-order valence-corrected chi connectivity index (χ4v) is 6.14. The standard InChI is InChI=1S/C36H56N2O10S2/c1-5-7-9-11-13-15-25-33(35(39)37-49(3,41)42)47-31-23-19-17-21-29(31)45-27-28-46-30-22-18-20-24-32(30)48-34(36(40)38-50(4,43)44)26-16-14-12-10-8-6-2/h17-24,33-34H,5-16,25-28H2,1-4H3,(H,37,39)(H,38,40). The quantitative estimate of drug-likeness (QED) is 0.0995. The molecule has 2 unspecified atom stereocenters. The highest BCUT2D eigenvalue weighted by atomic mass is 32.2. The van der Waals surface area contributed by atoms with Gasteiger partial charge in [0.15, 0.2) is 35.2 Å². The van der Waals surface area contributed by atoms with Crippen molar-refractivity contribution in [3.8, 4) is 23.0 Å². The molecule has 2 N–H and O–H groups in total. The van der Waals surface area contributed by atoms with Gasteiger partial charge in [0.25, 0.3) is 11.8 Å². The molecule has 2 aromatic rings. The van der Waals surface area contributed by atoms with Gasteiger partial charge in [-0.2, -0.15) is 0 Å². The number of para-hydroxylation sites is 4. The van der Waals surface area contributed by atoms with Crippen molar-refractivity contribution in [1.82, 2.24) is 9.44 Å². The molecular weight excluding hydrogens is 685 g/mol. The van der Waals surface area contributed by atoms with Crippen LogP contribution in [0, 0.1) is 0 Å². The predicted octanol–water partition coefficient (Wildman–Crippen LogP) is 6.29. The van der Waals surface area contributed by atoms with E-state index < -0.39 is 44.1 Å². The van der Waals surface area contributed by atoms with Gasteiger partial charge in [-0.25, -0.2) is 16.8 Å². The van der Waals surface area contributed by atoms with Crippen LogP contribution in [0.1, 0.15) is 104 Å². The Morgan fingerprint density at radius 1 is 0.540 bits per heavy atom. The zero-order valence-corrected chi connectivity index (χ0v) is 31.6. The van der Waals surface area contributed by atoms with E-state index >= 15 is 0 Å². The number of amides is 2. The van der Waals surface area contributed by atoms with Crippen LogP contribution in [0.5, 0.6) is 23.0 Å². The minimum atomic E-state index is -3.78. The summed E-state index contributed by atoms with van der Waals surface area (Å²) in [5.74, 6) is -0.225. The molecule has 0 saturated heterocycles. The lowest BCUT2D eigenvalue weighted by Gasteiger charge is -2.21. The van der Waals surface area contributed by atoms with Crippen LogP contribution >= 0.6 is 0 Å². The van der Waals surface area contributed by atoms with E-state index in [0.29, 0.717) is 37.2 Å². The van der Waals surface area contributed by atoms with Gasteiger partial charge in [0.2, 0.25) is 20.0 Å². The molecule has 0 fully saturated rings. The summed E-state index contributed by atoms with van der Waals surface area (Å²) < 4.78 is 75.2. The predicted molar refractivity (Wildman–Crippen MR) is 195 cm³/mol. The van der Waals surface area contributed by atoms with Crippen molar-refractivity contribution in [2.24, 2.45) is 0 Å². The summed E-state index contributed by atoms with van der Waals surface area (Å²) in [5.41, 5.74) is 0. The van der Waals surface area contributed by atoms with Crippen molar-refractivity contribution < 1.29 is 45.4 Å². The summed E-state index contributed by atoms with van der Waals surface area (Å²) in [6.07, 6.45) is 12.4. The first kappa shape index (κ1) is 42.6. The molecule has 14 heteroatoms. The summed E-state index contributed by atoms with van der Waals surface area (Å²) in [6, 6.07) is 13.6. The van der Waals surface area contributed by atoms with Crippen LogP contribution in [0.15, 0.2) is 48.5 Å². The Balaban J connectivity index is 2.05. The lowest BCUT2D eigenvalue weighted by molar-refractivity contribution is -0.127. The second-order valence-electron chi connectivity index (χ2n) is 12.4. The van der Waals surface area contributed by atoms with Crippen LogP contribution in [0.2, 0.25) is 0 Å².